The van der Waals surface area contributed by atoms with E-state index in [2.05, 4.69) is 15.5 Å². The van der Waals surface area contributed by atoms with Gasteiger partial charge < -0.3 is 5.32 Å². The smallest absolute Gasteiger partial charge is 0.251 e. The number of fused-ring (bicyclic) bond motifs is 1. The normalized spacial score (nSPS) is 10.7. The van der Waals surface area contributed by atoms with Crippen molar-refractivity contribution in [2.75, 3.05) is 6.54 Å². The standard InChI is InChI=1S/C16H14ClN3O/c17-14-5-1-11(2-6-14)7-8-18-16(21)12-3-4-13-10-19-20-15(13)9-12/h1-6,9-10H,7-8H2,(H,18,21)(H,19,20). The van der Waals surface area contributed by atoms with Crippen LogP contribution in [0.4, 0.5) is 0 Å². The maximum absolute atomic E-state index is 12.1. The maximum Gasteiger partial charge on any atom is 0.251 e. The fourth-order valence-electron chi connectivity index (χ4n) is 2.15. The van der Waals surface area contributed by atoms with Crippen molar-refractivity contribution in [2.24, 2.45) is 0 Å². The monoisotopic (exact) mass is 299 g/mol. The van der Waals surface area contributed by atoms with E-state index in [9.17, 15) is 4.79 Å². The Morgan fingerprint density at radius 2 is 2.00 bits per heavy atom. The van der Waals surface area contributed by atoms with Gasteiger partial charge in [-0.3, -0.25) is 9.89 Å². The predicted octanol–water partition coefficient (Wildman–Crippen LogP) is 3.19. The molecule has 21 heavy (non-hydrogen) atoms. The van der Waals surface area contributed by atoms with Crippen LogP contribution in [-0.2, 0) is 6.42 Å². The highest BCUT2D eigenvalue weighted by molar-refractivity contribution is 6.30. The number of hydrogen-bond donors (Lipinski definition) is 2. The molecule has 2 aromatic carbocycles. The van der Waals surface area contributed by atoms with Gasteiger partial charge in [-0.2, -0.15) is 5.10 Å². The summed E-state index contributed by atoms with van der Waals surface area (Å²) in [4.78, 5) is 12.1. The number of benzene rings is 2. The third-order valence-electron chi connectivity index (χ3n) is 3.32. The minimum absolute atomic E-state index is 0.0829. The molecule has 0 saturated heterocycles. The first-order valence-corrected chi connectivity index (χ1v) is 7.06. The number of H-pyrrole nitrogens is 1. The lowest BCUT2D eigenvalue weighted by molar-refractivity contribution is 0.0954. The predicted molar refractivity (Wildman–Crippen MR) is 83.6 cm³/mol. The summed E-state index contributed by atoms with van der Waals surface area (Å²) in [5.41, 5.74) is 2.63. The second-order valence-corrected chi connectivity index (χ2v) is 5.24. The van der Waals surface area contributed by atoms with Crippen LogP contribution < -0.4 is 5.32 Å². The second-order valence-electron chi connectivity index (χ2n) is 4.80. The molecule has 0 saturated carbocycles. The number of carbonyl (C=O) groups excluding carboxylic acids is 1. The van der Waals surface area contributed by atoms with Gasteiger partial charge in [0.25, 0.3) is 5.91 Å². The summed E-state index contributed by atoms with van der Waals surface area (Å²) in [6.45, 7) is 0.585. The quantitative estimate of drug-likeness (QED) is 0.777. The van der Waals surface area contributed by atoms with Crippen LogP contribution in [-0.4, -0.2) is 22.6 Å². The molecule has 1 aromatic heterocycles. The summed E-state index contributed by atoms with van der Waals surface area (Å²) in [6.07, 6.45) is 2.51. The molecule has 2 N–H and O–H groups in total. The number of aromatic nitrogens is 2. The number of halogens is 1. The first-order chi connectivity index (χ1) is 10.2. The van der Waals surface area contributed by atoms with E-state index in [4.69, 9.17) is 11.6 Å². The Morgan fingerprint density at radius 1 is 1.19 bits per heavy atom. The van der Waals surface area contributed by atoms with Crippen molar-refractivity contribution < 1.29 is 4.79 Å². The van der Waals surface area contributed by atoms with Crippen molar-refractivity contribution in [1.82, 2.24) is 15.5 Å². The van der Waals surface area contributed by atoms with E-state index in [1.165, 1.54) is 0 Å². The first kappa shape index (κ1) is 13.6. The van der Waals surface area contributed by atoms with Gasteiger partial charge >= 0.3 is 0 Å². The Morgan fingerprint density at radius 3 is 2.81 bits per heavy atom. The van der Waals surface area contributed by atoms with Gasteiger partial charge in [-0.25, -0.2) is 0 Å². The first-order valence-electron chi connectivity index (χ1n) is 6.68. The van der Waals surface area contributed by atoms with Crippen molar-refractivity contribution in [3.63, 3.8) is 0 Å². The molecular formula is C16H14ClN3O. The molecule has 0 fully saturated rings. The largest absolute Gasteiger partial charge is 0.352 e. The molecule has 0 aliphatic heterocycles. The van der Waals surface area contributed by atoms with Gasteiger partial charge in [-0.1, -0.05) is 29.8 Å². The van der Waals surface area contributed by atoms with E-state index in [0.29, 0.717) is 12.1 Å². The van der Waals surface area contributed by atoms with Gasteiger partial charge in [0, 0.05) is 22.5 Å². The van der Waals surface area contributed by atoms with Gasteiger partial charge in [0.15, 0.2) is 0 Å². The van der Waals surface area contributed by atoms with E-state index in [1.807, 2.05) is 30.3 Å². The number of hydrogen-bond acceptors (Lipinski definition) is 2. The molecule has 0 unspecified atom stereocenters. The second kappa shape index (κ2) is 5.97. The van der Waals surface area contributed by atoms with Crippen LogP contribution in [0.5, 0.6) is 0 Å². The SMILES string of the molecule is O=C(NCCc1ccc(Cl)cc1)c1ccc2cn[nH]c2c1. The molecule has 0 bridgehead atoms. The van der Waals surface area contributed by atoms with Crippen molar-refractivity contribution in [2.45, 2.75) is 6.42 Å². The molecule has 4 nitrogen and oxygen atoms in total. The summed E-state index contributed by atoms with van der Waals surface area (Å²) in [5, 5.41) is 11.4. The third kappa shape index (κ3) is 3.23. The Bertz CT molecular complexity index is 765. The zero-order chi connectivity index (χ0) is 14.7. The lowest BCUT2D eigenvalue weighted by Gasteiger charge is -2.06. The molecule has 3 rings (SSSR count). The Labute approximate surface area is 127 Å². The van der Waals surface area contributed by atoms with E-state index in [-0.39, 0.29) is 5.91 Å². The number of amides is 1. The molecule has 0 aliphatic rings. The number of nitrogens with zero attached hydrogens (tertiary/aromatic N) is 1. The highest BCUT2D eigenvalue weighted by Gasteiger charge is 2.06. The highest BCUT2D eigenvalue weighted by Crippen LogP contribution is 2.13. The molecule has 0 atom stereocenters. The topological polar surface area (TPSA) is 57.8 Å². The number of carbonyl (C=O) groups is 1. The average Bonchev–Trinajstić information content (AvgIpc) is 2.96. The van der Waals surface area contributed by atoms with E-state index >= 15 is 0 Å². The summed E-state index contributed by atoms with van der Waals surface area (Å²) in [5.74, 6) is -0.0829. The van der Waals surface area contributed by atoms with Crippen LogP contribution in [0, 0.1) is 0 Å². The van der Waals surface area contributed by atoms with E-state index < -0.39 is 0 Å². The van der Waals surface area contributed by atoms with Crippen LogP contribution in [0.25, 0.3) is 10.9 Å². The van der Waals surface area contributed by atoms with Crippen molar-refractivity contribution >= 4 is 28.4 Å². The van der Waals surface area contributed by atoms with Gasteiger partial charge in [-0.05, 0) is 36.2 Å². The number of nitrogens with one attached hydrogen (secondary N) is 2. The Hall–Kier alpha value is -2.33. The molecule has 3 aromatic rings. The van der Waals surface area contributed by atoms with E-state index in [0.717, 1.165) is 27.9 Å². The summed E-state index contributed by atoms with van der Waals surface area (Å²) < 4.78 is 0. The molecule has 0 spiro atoms. The zero-order valence-electron chi connectivity index (χ0n) is 11.3. The highest BCUT2D eigenvalue weighted by atomic mass is 35.5. The van der Waals surface area contributed by atoms with Gasteiger partial charge in [0.1, 0.15) is 0 Å². The average molecular weight is 300 g/mol. The molecule has 0 aliphatic carbocycles. The lowest BCUT2D eigenvalue weighted by Crippen LogP contribution is -2.25. The van der Waals surface area contributed by atoms with Gasteiger partial charge in [-0.15, -0.1) is 0 Å². The molecule has 0 radical (unpaired) electrons. The molecule has 1 amide bonds. The Kier molecular flexibility index (Phi) is 3.88. The van der Waals surface area contributed by atoms with Crippen molar-refractivity contribution in [3.05, 3.63) is 64.8 Å². The fourth-order valence-corrected chi connectivity index (χ4v) is 2.28. The molecule has 106 valence electrons. The van der Waals surface area contributed by atoms with Gasteiger partial charge in [0.05, 0.1) is 11.7 Å². The molecule has 1 heterocycles. The zero-order valence-corrected chi connectivity index (χ0v) is 12.0. The third-order valence-corrected chi connectivity index (χ3v) is 3.57. The summed E-state index contributed by atoms with van der Waals surface area (Å²) in [6, 6.07) is 13.1. The van der Waals surface area contributed by atoms with E-state index in [1.54, 1.807) is 18.3 Å². The molecule has 5 heteroatoms. The summed E-state index contributed by atoms with van der Waals surface area (Å²) in [7, 11) is 0. The van der Waals surface area contributed by atoms with Crippen molar-refractivity contribution in [3.8, 4) is 0 Å². The summed E-state index contributed by atoms with van der Waals surface area (Å²) >= 11 is 5.84. The fraction of sp³-hybridized carbons (Fsp3) is 0.125. The van der Waals surface area contributed by atoms with Crippen molar-refractivity contribution in [1.29, 1.82) is 0 Å². The van der Waals surface area contributed by atoms with Crippen LogP contribution in [0.3, 0.4) is 0 Å². The van der Waals surface area contributed by atoms with Crippen LogP contribution in [0.1, 0.15) is 15.9 Å². The maximum atomic E-state index is 12.1. The minimum atomic E-state index is -0.0829. The minimum Gasteiger partial charge on any atom is -0.352 e. The van der Waals surface area contributed by atoms with Crippen LogP contribution in [0.2, 0.25) is 5.02 Å². The van der Waals surface area contributed by atoms with Gasteiger partial charge in [0.2, 0.25) is 0 Å². The number of aromatic amines is 1. The lowest BCUT2D eigenvalue weighted by atomic mass is 10.1. The Balaban J connectivity index is 1.59. The van der Waals surface area contributed by atoms with Crippen LogP contribution >= 0.6 is 11.6 Å². The van der Waals surface area contributed by atoms with Crippen LogP contribution in [0.15, 0.2) is 48.7 Å². The molecular weight excluding hydrogens is 286 g/mol. The number of rotatable bonds is 4.